The summed E-state index contributed by atoms with van der Waals surface area (Å²) in [5.41, 5.74) is 0. The lowest BCUT2D eigenvalue weighted by molar-refractivity contribution is -0.145. The Hall–Kier alpha value is -1.32. The van der Waals surface area contributed by atoms with E-state index in [1.807, 2.05) is 0 Å². The van der Waals surface area contributed by atoms with Gasteiger partial charge in [0.1, 0.15) is 0 Å². The Morgan fingerprint density at radius 2 is 2.18 bits per heavy atom. The van der Waals surface area contributed by atoms with Crippen LogP contribution in [-0.2, 0) is 9.59 Å². The minimum atomic E-state index is -0.775. The monoisotopic (exact) mass is 237 g/mol. The van der Waals surface area contributed by atoms with E-state index in [-0.39, 0.29) is 11.8 Å². The first-order chi connectivity index (χ1) is 8.16. The van der Waals surface area contributed by atoms with Gasteiger partial charge in [-0.25, -0.2) is 0 Å². The number of amides is 1. The van der Waals surface area contributed by atoms with Crippen molar-refractivity contribution in [3.63, 3.8) is 0 Å². The fourth-order valence-electron chi connectivity index (χ4n) is 2.62. The summed E-state index contributed by atoms with van der Waals surface area (Å²) in [4.78, 5) is 24.7. The Kier molecular flexibility index (Phi) is 3.82. The van der Waals surface area contributed by atoms with Crippen LogP contribution in [0.2, 0.25) is 0 Å². The molecule has 0 bridgehead atoms. The molecular weight excluding hydrogens is 218 g/mol. The second-order valence-electron chi connectivity index (χ2n) is 4.99. The molecule has 2 rings (SSSR count). The van der Waals surface area contributed by atoms with E-state index >= 15 is 0 Å². The average molecular weight is 237 g/mol. The number of likely N-dealkylation sites (tertiary alicyclic amines) is 1. The summed E-state index contributed by atoms with van der Waals surface area (Å²) in [6.07, 6.45) is 8.40. The molecule has 0 aromatic heterocycles. The maximum atomic E-state index is 12.0. The van der Waals surface area contributed by atoms with Crippen LogP contribution in [0, 0.1) is 11.8 Å². The van der Waals surface area contributed by atoms with Gasteiger partial charge in [-0.2, -0.15) is 0 Å². The van der Waals surface area contributed by atoms with Crippen molar-refractivity contribution in [3.8, 4) is 0 Å². The molecule has 0 saturated carbocycles. The zero-order chi connectivity index (χ0) is 12.3. The molecule has 1 fully saturated rings. The first-order valence-corrected chi connectivity index (χ1v) is 6.34. The lowest BCUT2D eigenvalue weighted by Gasteiger charge is -2.31. The summed E-state index contributed by atoms with van der Waals surface area (Å²) in [7, 11) is 0. The molecule has 94 valence electrons. The Morgan fingerprint density at radius 3 is 2.82 bits per heavy atom. The minimum Gasteiger partial charge on any atom is -0.481 e. The standard InChI is InChI=1S/C13H19NO3/c15-12(8-10-4-1-2-5-10)14-7-3-6-11(9-14)13(16)17/h1,4,10-11H,2-3,5-9H2,(H,16,17)/t10-,11-/m1/s1. The van der Waals surface area contributed by atoms with Crippen molar-refractivity contribution in [1.29, 1.82) is 0 Å². The molecule has 2 aliphatic rings. The van der Waals surface area contributed by atoms with E-state index < -0.39 is 5.97 Å². The van der Waals surface area contributed by atoms with Crippen LogP contribution in [0.15, 0.2) is 12.2 Å². The fraction of sp³-hybridized carbons (Fsp3) is 0.692. The van der Waals surface area contributed by atoms with Gasteiger partial charge in [0.25, 0.3) is 0 Å². The van der Waals surface area contributed by atoms with Gasteiger partial charge in [0.2, 0.25) is 5.91 Å². The minimum absolute atomic E-state index is 0.118. The van der Waals surface area contributed by atoms with Crippen molar-refractivity contribution in [2.75, 3.05) is 13.1 Å². The topological polar surface area (TPSA) is 57.6 Å². The normalized spacial score (nSPS) is 28.4. The van der Waals surface area contributed by atoms with Crippen molar-refractivity contribution in [1.82, 2.24) is 4.90 Å². The molecule has 1 aliphatic heterocycles. The van der Waals surface area contributed by atoms with E-state index in [4.69, 9.17) is 5.11 Å². The van der Waals surface area contributed by atoms with Crippen LogP contribution in [0.25, 0.3) is 0 Å². The summed E-state index contributed by atoms with van der Waals surface area (Å²) in [5, 5.41) is 8.97. The summed E-state index contributed by atoms with van der Waals surface area (Å²) in [5.74, 6) is -0.657. The molecule has 0 aromatic rings. The highest BCUT2D eigenvalue weighted by Gasteiger charge is 2.28. The number of carboxylic acids is 1. The van der Waals surface area contributed by atoms with Gasteiger partial charge in [-0.05, 0) is 31.6 Å². The SMILES string of the molecule is O=C(O)[C@@H]1CCCN(C(=O)C[C@@H]2C=CCC2)C1. The fourth-order valence-corrected chi connectivity index (χ4v) is 2.62. The number of allylic oxidation sites excluding steroid dienone is 2. The third kappa shape index (κ3) is 3.08. The molecule has 4 heteroatoms. The molecular formula is C13H19NO3. The smallest absolute Gasteiger partial charge is 0.308 e. The number of hydrogen-bond donors (Lipinski definition) is 1. The van der Waals surface area contributed by atoms with Crippen molar-refractivity contribution in [3.05, 3.63) is 12.2 Å². The van der Waals surface area contributed by atoms with Gasteiger partial charge in [0.15, 0.2) is 0 Å². The lowest BCUT2D eigenvalue weighted by Crippen LogP contribution is -2.42. The van der Waals surface area contributed by atoms with Gasteiger partial charge in [-0.15, -0.1) is 0 Å². The van der Waals surface area contributed by atoms with Gasteiger partial charge in [0.05, 0.1) is 5.92 Å². The zero-order valence-electron chi connectivity index (χ0n) is 9.97. The molecule has 17 heavy (non-hydrogen) atoms. The number of carboxylic acid groups (broad SMARTS) is 1. The summed E-state index contributed by atoms with van der Waals surface area (Å²) < 4.78 is 0. The molecule has 1 heterocycles. The maximum Gasteiger partial charge on any atom is 0.308 e. The average Bonchev–Trinajstić information content (AvgIpc) is 2.82. The molecule has 2 atom stereocenters. The van der Waals surface area contributed by atoms with Gasteiger partial charge < -0.3 is 10.0 Å². The number of hydrogen-bond acceptors (Lipinski definition) is 2. The predicted octanol–water partition coefficient (Wildman–Crippen LogP) is 1.67. The first-order valence-electron chi connectivity index (χ1n) is 6.34. The first kappa shape index (κ1) is 12.1. The number of rotatable bonds is 3. The number of carbonyl (C=O) groups is 2. The van der Waals surface area contributed by atoms with Crippen molar-refractivity contribution >= 4 is 11.9 Å². The van der Waals surface area contributed by atoms with Crippen LogP contribution >= 0.6 is 0 Å². The van der Waals surface area contributed by atoms with Crippen LogP contribution in [-0.4, -0.2) is 35.0 Å². The van der Waals surface area contributed by atoms with Crippen LogP contribution in [0.1, 0.15) is 32.1 Å². The van der Waals surface area contributed by atoms with E-state index in [0.29, 0.717) is 25.3 Å². The van der Waals surface area contributed by atoms with Crippen molar-refractivity contribution in [2.45, 2.75) is 32.1 Å². The molecule has 1 amide bonds. The Bertz CT molecular complexity index is 338. The summed E-state index contributed by atoms with van der Waals surface area (Å²) in [6.45, 7) is 1.11. The van der Waals surface area contributed by atoms with E-state index in [0.717, 1.165) is 25.8 Å². The molecule has 0 radical (unpaired) electrons. The number of carbonyl (C=O) groups excluding carboxylic acids is 1. The van der Waals surface area contributed by atoms with Gasteiger partial charge in [-0.3, -0.25) is 9.59 Å². The highest BCUT2D eigenvalue weighted by Crippen LogP contribution is 2.23. The lowest BCUT2D eigenvalue weighted by atomic mass is 9.97. The molecule has 0 aromatic carbocycles. The van der Waals surface area contributed by atoms with Crippen LogP contribution in [0.5, 0.6) is 0 Å². The van der Waals surface area contributed by atoms with Crippen LogP contribution in [0.3, 0.4) is 0 Å². The largest absolute Gasteiger partial charge is 0.481 e. The molecule has 1 saturated heterocycles. The highest BCUT2D eigenvalue weighted by molar-refractivity contribution is 5.78. The van der Waals surface area contributed by atoms with Gasteiger partial charge >= 0.3 is 5.97 Å². The molecule has 4 nitrogen and oxygen atoms in total. The number of aliphatic carboxylic acids is 1. The zero-order valence-corrected chi connectivity index (χ0v) is 9.97. The molecule has 0 unspecified atom stereocenters. The Labute approximate surface area is 101 Å². The predicted molar refractivity (Wildman–Crippen MR) is 63.4 cm³/mol. The van der Waals surface area contributed by atoms with Gasteiger partial charge in [-0.1, -0.05) is 12.2 Å². The van der Waals surface area contributed by atoms with E-state index in [9.17, 15) is 9.59 Å². The van der Waals surface area contributed by atoms with E-state index in [1.54, 1.807) is 4.90 Å². The molecule has 1 aliphatic carbocycles. The van der Waals surface area contributed by atoms with Crippen LogP contribution < -0.4 is 0 Å². The molecule has 0 spiro atoms. The van der Waals surface area contributed by atoms with Crippen molar-refractivity contribution < 1.29 is 14.7 Å². The maximum absolute atomic E-state index is 12.0. The Morgan fingerprint density at radius 1 is 1.35 bits per heavy atom. The number of nitrogens with zero attached hydrogens (tertiary/aromatic N) is 1. The third-order valence-electron chi connectivity index (χ3n) is 3.67. The van der Waals surface area contributed by atoms with E-state index in [2.05, 4.69) is 12.2 Å². The van der Waals surface area contributed by atoms with Crippen molar-refractivity contribution in [2.24, 2.45) is 11.8 Å². The third-order valence-corrected chi connectivity index (χ3v) is 3.67. The van der Waals surface area contributed by atoms with E-state index in [1.165, 1.54) is 0 Å². The summed E-state index contributed by atoms with van der Waals surface area (Å²) >= 11 is 0. The summed E-state index contributed by atoms with van der Waals surface area (Å²) in [6, 6.07) is 0. The van der Waals surface area contributed by atoms with Gasteiger partial charge in [0, 0.05) is 19.5 Å². The molecule has 1 N–H and O–H groups in total. The second-order valence-corrected chi connectivity index (χ2v) is 4.99. The highest BCUT2D eigenvalue weighted by atomic mass is 16.4. The second kappa shape index (κ2) is 5.34. The van der Waals surface area contributed by atoms with Crippen LogP contribution in [0.4, 0.5) is 0 Å². The quantitative estimate of drug-likeness (QED) is 0.759. The number of piperidine rings is 1. The Balaban J connectivity index is 1.85.